The van der Waals surface area contributed by atoms with Crippen molar-refractivity contribution in [2.24, 2.45) is 0 Å². The Morgan fingerprint density at radius 2 is 1.58 bits per heavy atom. The van der Waals surface area contributed by atoms with Crippen LogP contribution in [0, 0.1) is 0 Å². The number of piperazine rings is 1. The first-order valence-electron chi connectivity index (χ1n) is 6.22. The molecule has 108 valence electrons. The molecule has 1 heterocycles. The van der Waals surface area contributed by atoms with Crippen molar-refractivity contribution in [1.29, 1.82) is 0 Å². The molecule has 7 nitrogen and oxygen atoms in total. The molecule has 0 N–H and O–H groups in total. The minimum absolute atomic E-state index is 0.0328. The Balaban J connectivity index is 2.35. The van der Waals surface area contributed by atoms with Gasteiger partial charge in [-0.25, -0.2) is 0 Å². The fourth-order valence-corrected chi connectivity index (χ4v) is 1.94. The van der Waals surface area contributed by atoms with Crippen molar-refractivity contribution in [3.8, 4) is 0 Å². The molecule has 0 saturated carbocycles. The second-order valence-corrected chi connectivity index (χ2v) is 4.64. The zero-order valence-corrected chi connectivity index (χ0v) is 11.7. The number of hydrogen-bond donors (Lipinski definition) is 0. The largest absolute Gasteiger partial charge is 0.468 e. The van der Waals surface area contributed by atoms with Gasteiger partial charge in [-0.05, 0) is 7.05 Å². The van der Waals surface area contributed by atoms with Gasteiger partial charge in [0.25, 0.3) is 0 Å². The Labute approximate surface area is 113 Å². The normalized spacial score (nSPS) is 15.6. The van der Waals surface area contributed by atoms with Crippen LogP contribution in [0.5, 0.6) is 0 Å². The van der Waals surface area contributed by atoms with Crippen LogP contribution in [0.4, 0.5) is 0 Å². The number of carbonyl (C=O) groups excluding carboxylic acids is 3. The predicted molar refractivity (Wildman–Crippen MR) is 68.3 cm³/mol. The number of rotatable bonds is 4. The Hall–Kier alpha value is -1.63. The fraction of sp³-hybridized carbons (Fsp3) is 0.750. The number of nitrogens with zero attached hydrogens (tertiary/aromatic N) is 3. The average Bonchev–Trinajstić information content (AvgIpc) is 2.38. The van der Waals surface area contributed by atoms with E-state index in [1.165, 1.54) is 14.0 Å². The van der Waals surface area contributed by atoms with E-state index in [1.54, 1.807) is 21.7 Å². The van der Waals surface area contributed by atoms with Crippen LogP contribution in [0.3, 0.4) is 0 Å². The first-order valence-corrected chi connectivity index (χ1v) is 6.22. The molecule has 1 fully saturated rings. The highest BCUT2D eigenvalue weighted by Crippen LogP contribution is 2.03. The van der Waals surface area contributed by atoms with Crippen molar-refractivity contribution in [3.63, 3.8) is 0 Å². The molecule has 2 amide bonds. The monoisotopic (exact) mass is 271 g/mol. The van der Waals surface area contributed by atoms with Crippen LogP contribution < -0.4 is 0 Å². The first-order chi connectivity index (χ1) is 8.93. The lowest BCUT2D eigenvalue weighted by Gasteiger charge is -2.34. The van der Waals surface area contributed by atoms with Crippen LogP contribution in [-0.4, -0.2) is 85.9 Å². The van der Waals surface area contributed by atoms with Crippen LogP contribution in [0.25, 0.3) is 0 Å². The highest BCUT2D eigenvalue weighted by Gasteiger charge is 2.23. The zero-order chi connectivity index (χ0) is 14.4. The van der Waals surface area contributed by atoms with Crippen LogP contribution >= 0.6 is 0 Å². The first kappa shape index (κ1) is 15.4. The van der Waals surface area contributed by atoms with E-state index >= 15 is 0 Å². The summed E-state index contributed by atoms with van der Waals surface area (Å²) >= 11 is 0. The maximum atomic E-state index is 12.0. The van der Waals surface area contributed by atoms with E-state index in [4.69, 9.17) is 0 Å². The zero-order valence-electron chi connectivity index (χ0n) is 11.7. The molecule has 0 radical (unpaired) electrons. The molecule has 0 spiro atoms. The van der Waals surface area contributed by atoms with Crippen molar-refractivity contribution in [2.45, 2.75) is 6.92 Å². The van der Waals surface area contributed by atoms with Gasteiger partial charge in [0.05, 0.1) is 20.2 Å². The molecular weight excluding hydrogens is 250 g/mol. The summed E-state index contributed by atoms with van der Waals surface area (Å²) in [5.41, 5.74) is 0. The summed E-state index contributed by atoms with van der Waals surface area (Å²) in [6, 6.07) is 0. The Morgan fingerprint density at radius 1 is 1.05 bits per heavy atom. The van der Waals surface area contributed by atoms with E-state index in [0.717, 1.165) is 0 Å². The van der Waals surface area contributed by atoms with E-state index < -0.39 is 0 Å². The average molecular weight is 271 g/mol. The minimum Gasteiger partial charge on any atom is -0.468 e. The summed E-state index contributed by atoms with van der Waals surface area (Å²) in [6.07, 6.45) is 0. The molecule has 0 aromatic carbocycles. The van der Waals surface area contributed by atoms with Gasteiger partial charge < -0.3 is 14.5 Å². The summed E-state index contributed by atoms with van der Waals surface area (Å²) < 4.78 is 4.54. The summed E-state index contributed by atoms with van der Waals surface area (Å²) in [6.45, 7) is 4.03. The third-order valence-electron chi connectivity index (χ3n) is 3.11. The second kappa shape index (κ2) is 7.08. The van der Waals surface area contributed by atoms with Crippen LogP contribution in [0.1, 0.15) is 6.92 Å². The molecule has 1 aliphatic heterocycles. The lowest BCUT2D eigenvalue weighted by atomic mass is 10.3. The Morgan fingerprint density at radius 3 is 2.05 bits per heavy atom. The quantitative estimate of drug-likeness (QED) is 0.600. The fourth-order valence-electron chi connectivity index (χ4n) is 1.94. The highest BCUT2D eigenvalue weighted by atomic mass is 16.5. The van der Waals surface area contributed by atoms with Gasteiger partial charge in [-0.2, -0.15) is 0 Å². The number of ether oxygens (including phenoxy) is 1. The van der Waals surface area contributed by atoms with E-state index in [2.05, 4.69) is 4.74 Å². The molecule has 1 rings (SSSR count). The molecule has 19 heavy (non-hydrogen) atoms. The van der Waals surface area contributed by atoms with Crippen molar-refractivity contribution in [2.75, 3.05) is 53.4 Å². The smallest absolute Gasteiger partial charge is 0.319 e. The van der Waals surface area contributed by atoms with Crippen molar-refractivity contribution < 1.29 is 19.1 Å². The van der Waals surface area contributed by atoms with Gasteiger partial charge in [-0.1, -0.05) is 0 Å². The van der Waals surface area contributed by atoms with Gasteiger partial charge >= 0.3 is 5.97 Å². The number of amides is 2. The van der Waals surface area contributed by atoms with Crippen LogP contribution in [0.15, 0.2) is 0 Å². The van der Waals surface area contributed by atoms with Crippen molar-refractivity contribution in [1.82, 2.24) is 14.7 Å². The van der Waals surface area contributed by atoms with Gasteiger partial charge in [0, 0.05) is 33.1 Å². The molecule has 0 bridgehead atoms. The summed E-state index contributed by atoms with van der Waals surface area (Å²) in [4.78, 5) is 39.3. The molecule has 0 unspecified atom stereocenters. The lowest BCUT2D eigenvalue weighted by molar-refractivity contribution is -0.143. The maximum absolute atomic E-state index is 12.0. The van der Waals surface area contributed by atoms with Gasteiger partial charge in [0.2, 0.25) is 11.8 Å². The van der Waals surface area contributed by atoms with Gasteiger partial charge in [0.1, 0.15) is 0 Å². The van der Waals surface area contributed by atoms with Gasteiger partial charge in [-0.3, -0.25) is 19.3 Å². The Bertz CT molecular complexity index is 351. The molecule has 0 aromatic rings. The number of methoxy groups -OCH3 is 1. The number of esters is 1. The standard InChI is InChI=1S/C12H21N3O4/c1-10(16)14-4-6-15(7-5-14)11(17)8-13(2)9-12(18)19-3/h4-9H2,1-3H3. The predicted octanol–water partition coefficient (Wildman–Crippen LogP) is -1.22. The second-order valence-electron chi connectivity index (χ2n) is 4.64. The lowest BCUT2D eigenvalue weighted by Crippen LogP contribution is -2.52. The number of carbonyl (C=O) groups is 3. The minimum atomic E-state index is -0.364. The third-order valence-corrected chi connectivity index (χ3v) is 3.11. The van der Waals surface area contributed by atoms with Gasteiger partial charge in [-0.15, -0.1) is 0 Å². The Kier molecular flexibility index (Phi) is 5.75. The number of likely N-dealkylation sites (N-methyl/N-ethyl adjacent to an activating group) is 1. The molecule has 0 aliphatic carbocycles. The molecule has 1 saturated heterocycles. The molecule has 1 aliphatic rings. The molecule has 0 aromatic heterocycles. The van der Waals surface area contributed by atoms with Crippen molar-refractivity contribution >= 4 is 17.8 Å². The van der Waals surface area contributed by atoms with Crippen LogP contribution in [0.2, 0.25) is 0 Å². The summed E-state index contributed by atoms with van der Waals surface area (Å²) in [5.74, 6) is -0.360. The molecular formula is C12H21N3O4. The van der Waals surface area contributed by atoms with Crippen molar-refractivity contribution in [3.05, 3.63) is 0 Å². The molecule has 0 atom stereocenters. The van der Waals surface area contributed by atoms with E-state index in [9.17, 15) is 14.4 Å². The maximum Gasteiger partial charge on any atom is 0.319 e. The molecule has 7 heteroatoms. The summed E-state index contributed by atoms with van der Waals surface area (Å²) in [7, 11) is 3.01. The van der Waals surface area contributed by atoms with E-state index in [-0.39, 0.29) is 30.9 Å². The SMILES string of the molecule is COC(=O)CN(C)CC(=O)N1CCN(C(C)=O)CC1. The van der Waals surface area contributed by atoms with E-state index in [1.807, 2.05) is 0 Å². The third kappa shape index (κ3) is 4.86. The van der Waals surface area contributed by atoms with Crippen LogP contribution in [-0.2, 0) is 19.1 Å². The highest BCUT2D eigenvalue weighted by molar-refractivity contribution is 5.80. The topological polar surface area (TPSA) is 70.2 Å². The summed E-state index contributed by atoms with van der Waals surface area (Å²) in [5, 5.41) is 0. The number of hydrogen-bond acceptors (Lipinski definition) is 5. The van der Waals surface area contributed by atoms with E-state index in [0.29, 0.717) is 26.2 Å². The van der Waals surface area contributed by atoms with Gasteiger partial charge in [0.15, 0.2) is 0 Å².